The number of aliphatic hydroxyl groups excluding tert-OH is 2. The summed E-state index contributed by atoms with van der Waals surface area (Å²) in [6.45, 7) is 6.20. The fourth-order valence-corrected chi connectivity index (χ4v) is 6.27. The van der Waals surface area contributed by atoms with Gasteiger partial charge in [-0.3, -0.25) is 9.59 Å². The van der Waals surface area contributed by atoms with E-state index < -0.39 is 23.5 Å². The second kappa shape index (κ2) is 18.1. The number of carbonyl (C=O) groups excluding carboxylic acids is 2. The van der Waals surface area contributed by atoms with Crippen LogP contribution in [0.4, 0.5) is 5.69 Å². The summed E-state index contributed by atoms with van der Waals surface area (Å²) >= 11 is 9.84. The van der Waals surface area contributed by atoms with Crippen LogP contribution in [0.5, 0.6) is 0 Å². The summed E-state index contributed by atoms with van der Waals surface area (Å²) in [6.07, 6.45) is -0.0190. The van der Waals surface area contributed by atoms with Crippen molar-refractivity contribution in [1.29, 1.82) is 0 Å². The van der Waals surface area contributed by atoms with Crippen molar-refractivity contribution in [2.75, 3.05) is 18.5 Å². The van der Waals surface area contributed by atoms with Crippen LogP contribution in [-0.2, 0) is 15.0 Å². The number of aliphatic hydroxyl groups is 2. The predicted octanol–water partition coefficient (Wildman–Crippen LogP) is 6.27. The van der Waals surface area contributed by atoms with Crippen molar-refractivity contribution < 1.29 is 19.8 Å². The smallest absolute Gasteiger partial charge is 0.237 e. The molecule has 12 heteroatoms. The van der Waals surface area contributed by atoms with Gasteiger partial charge in [0.1, 0.15) is 5.41 Å². The van der Waals surface area contributed by atoms with E-state index >= 15 is 0 Å². The average molecular weight is 732 g/mol. The van der Waals surface area contributed by atoms with E-state index in [1.54, 1.807) is 12.1 Å². The molecule has 0 bridgehead atoms. The van der Waals surface area contributed by atoms with E-state index in [-0.39, 0.29) is 105 Å². The summed E-state index contributed by atoms with van der Waals surface area (Å²) in [6, 6.07) is 12.2. The molecule has 2 aliphatic heterocycles. The molecule has 2 amide bonds. The Balaban J connectivity index is -0.00000253. The lowest BCUT2D eigenvalue weighted by Gasteiger charge is -2.37. The third kappa shape index (κ3) is 9.03. The van der Waals surface area contributed by atoms with E-state index in [2.05, 4.69) is 52.7 Å². The van der Waals surface area contributed by atoms with Crippen LogP contribution in [0.15, 0.2) is 46.9 Å². The van der Waals surface area contributed by atoms with Gasteiger partial charge < -0.3 is 26.2 Å². The van der Waals surface area contributed by atoms with Gasteiger partial charge in [-0.1, -0.05) is 88.8 Å². The molecule has 1 spiro atoms. The SMILES string of the molecule is C.C.C.CC(C)(C)C[C@H]1N[C@@H](C(=O)NCC[C@H](O)CO)[C@H](c2cccc(Br)c2)[C@@]12C(=O)Nc1cc(Cl)ccc12.Cl.S.S. The first-order chi connectivity index (χ1) is 17.0. The Hall–Kier alpha value is -0.980. The van der Waals surface area contributed by atoms with E-state index in [0.29, 0.717) is 17.1 Å². The molecule has 7 nitrogen and oxygen atoms in total. The predicted molar refractivity (Wildman–Crippen MR) is 192 cm³/mol. The van der Waals surface area contributed by atoms with Crippen molar-refractivity contribution in [3.63, 3.8) is 0 Å². The summed E-state index contributed by atoms with van der Waals surface area (Å²) in [5, 5.41) is 28.9. The van der Waals surface area contributed by atoms with Gasteiger partial charge in [-0.05, 0) is 53.6 Å². The Bertz CT molecular complexity index is 1170. The quantitative estimate of drug-likeness (QED) is 0.231. The molecule has 1 saturated heterocycles. The Morgan fingerprint density at radius 2 is 1.79 bits per heavy atom. The van der Waals surface area contributed by atoms with Gasteiger partial charge in [0.15, 0.2) is 0 Å². The van der Waals surface area contributed by atoms with E-state index in [4.69, 9.17) is 16.7 Å². The molecule has 2 heterocycles. The van der Waals surface area contributed by atoms with Gasteiger partial charge in [-0.2, -0.15) is 27.0 Å². The molecule has 5 atom stereocenters. The van der Waals surface area contributed by atoms with Crippen molar-refractivity contribution in [2.24, 2.45) is 5.41 Å². The molecule has 2 aromatic carbocycles. The maximum absolute atomic E-state index is 14.0. The van der Waals surface area contributed by atoms with Crippen LogP contribution < -0.4 is 16.0 Å². The molecule has 0 radical (unpaired) electrons. The van der Waals surface area contributed by atoms with Crippen LogP contribution in [0.2, 0.25) is 5.02 Å². The van der Waals surface area contributed by atoms with Crippen LogP contribution in [0.3, 0.4) is 0 Å². The standard InChI is InChI=1S/C27H33BrClN3O4.3CH4.ClH.2H2S/c1-26(2,3)13-21-27(19-8-7-17(29)12-20(19)31-25(27)36)22(15-5-4-6-16(28)11-15)23(32-21)24(35)30-10-9-18(34)14-33;;;;;;/h4-8,11-12,18,21-23,32-34H,9-10,13-14H2,1-3H3,(H,30,35)(H,31,36);3*1H4;1H;2*1H2/t18-,21+,22-,23+,27-;;;;;;/m0....../s1. The van der Waals surface area contributed by atoms with Gasteiger partial charge in [-0.15, -0.1) is 12.4 Å². The molecule has 0 saturated carbocycles. The van der Waals surface area contributed by atoms with E-state index in [0.717, 1.165) is 15.6 Å². The van der Waals surface area contributed by atoms with Crippen LogP contribution >= 0.6 is 66.9 Å². The third-order valence-electron chi connectivity index (χ3n) is 7.10. The topological polar surface area (TPSA) is 111 Å². The average Bonchev–Trinajstić information content (AvgIpc) is 3.27. The molecule has 1 fully saturated rings. The summed E-state index contributed by atoms with van der Waals surface area (Å²) in [4.78, 5) is 27.7. The molecular formula is C30H50BrCl2N3O4S2. The zero-order valence-corrected chi connectivity index (χ0v) is 27.2. The van der Waals surface area contributed by atoms with Crippen molar-refractivity contribution in [2.45, 2.75) is 85.4 Å². The van der Waals surface area contributed by atoms with Crippen molar-refractivity contribution in [3.8, 4) is 0 Å². The van der Waals surface area contributed by atoms with Gasteiger partial charge in [0.05, 0.1) is 18.8 Å². The number of anilines is 1. The summed E-state index contributed by atoms with van der Waals surface area (Å²) in [5.41, 5.74) is 1.19. The Morgan fingerprint density at radius 1 is 1.14 bits per heavy atom. The maximum atomic E-state index is 14.0. The third-order valence-corrected chi connectivity index (χ3v) is 7.83. The molecule has 5 N–H and O–H groups in total. The fourth-order valence-electron chi connectivity index (χ4n) is 5.69. The normalized spacial score (nSPS) is 22.4. The van der Waals surface area contributed by atoms with Crippen LogP contribution in [0.25, 0.3) is 0 Å². The second-order valence-electron chi connectivity index (χ2n) is 10.9. The van der Waals surface area contributed by atoms with Gasteiger partial charge in [0, 0.05) is 33.7 Å². The number of hydrogen-bond acceptors (Lipinski definition) is 5. The van der Waals surface area contributed by atoms with E-state index in [1.807, 2.05) is 30.3 Å². The van der Waals surface area contributed by atoms with Crippen molar-refractivity contribution in [3.05, 3.63) is 63.1 Å². The van der Waals surface area contributed by atoms with E-state index in [1.165, 1.54) is 0 Å². The summed E-state index contributed by atoms with van der Waals surface area (Å²) in [7, 11) is 0. The molecule has 0 aliphatic carbocycles. The minimum absolute atomic E-state index is 0. The molecule has 0 unspecified atom stereocenters. The Kier molecular flexibility index (Phi) is 19.6. The number of rotatable bonds is 7. The number of carbonyl (C=O) groups is 2. The first-order valence-electron chi connectivity index (χ1n) is 12.2. The monoisotopic (exact) mass is 729 g/mol. The lowest BCUT2D eigenvalue weighted by Crippen LogP contribution is -2.49. The lowest BCUT2D eigenvalue weighted by atomic mass is 9.62. The van der Waals surface area contributed by atoms with Gasteiger partial charge in [0.2, 0.25) is 11.8 Å². The maximum Gasteiger partial charge on any atom is 0.237 e. The minimum Gasteiger partial charge on any atom is -0.394 e. The summed E-state index contributed by atoms with van der Waals surface area (Å²) < 4.78 is 0.856. The zero-order chi connectivity index (χ0) is 26.3. The molecule has 42 heavy (non-hydrogen) atoms. The van der Waals surface area contributed by atoms with Crippen molar-refractivity contribution in [1.82, 2.24) is 10.6 Å². The highest BCUT2D eigenvalue weighted by Gasteiger charge is 2.65. The molecule has 4 rings (SSSR count). The number of fused-ring (bicyclic) bond motifs is 2. The highest BCUT2D eigenvalue weighted by Crippen LogP contribution is 2.56. The highest BCUT2D eigenvalue weighted by atomic mass is 79.9. The van der Waals surface area contributed by atoms with E-state index in [9.17, 15) is 14.7 Å². The minimum atomic E-state index is -1.04. The Morgan fingerprint density at radius 3 is 2.36 bits per heavy atom. The molecular weight excluding hydrogens is 681 g/mol. The molecule has 0 aromatic heterocycles. The molecule has 242 valence electrons. The Labute approximate surface area is 285 Å². The number of amides is 2. The molecule has 2 aliphatic rings. The first-order valence-corrected chi connectivity index (χ1v) is 13.3. The number of halogens is 3. The second-order valence-corrected chi connectivity index (χ2v) is 12.3. The zero-order valence-electron chi connectivity index (χ0n) is 22.1. The van der Waals surface area contributed by atoms with Gasteiger partial charge in [-0.25, -0.2) is 0 Å². The number of nitrogens with one attached hydrogen (secondary N) is 3. The van der Waals surface area contributed by atoms with Gasteiger partial charge >= 0.3 is 0 Å². The number of benzene rings is 2. The summed E-state index contributed by atoms with van der Waals surface area (Å²) in [5.74, 6) is -0.916. The number of hydrogen-bond donors (Lipinski definition) is 5. The van der Waals surface area contributed by atoms with Crippen LogP contribution in [-0.4, -0.2) is 53.4 Å². The first kappa shape index (κ1) is 45.4. The van der Waals surface area contributed by atoms with Crippen molar-refractivity contribution >= 4 is 84.4 Å². The van der Waals surface area contributed by atoms with Crippen LogP contribution in [0, 0.1) is 5.41 Å². The highest BCUT2D eigenvalue weighted by molar-refractivity contribution is 9.10. The van der Waals surface area contributed by atoms with Gasteiger partial charge in [0.25, 0.3) is 0 Å². The largest absolute Gasteiger partial charge is 0.394 e. The molecule has 2 aromatic rings. The fraction of sp³-hybridized carbons (Fsp3) is 0.533. The van der Waals surface area contributed by atoms with Crippen LogP contribution in [0.1, 0.15) is 72.9 Å². The lowest BCUT2D eigenvalue weighted by molar-refractivity contribution is -0.124.